The predicted molar refractivity (Wildman–Crippen MR) is 187 cm³/mol. The summed E-state index contributed by atoms with van der Waals surface area (Å²) in [6.07, 6.45) is 2.76. The van der Waals surface area contributed by atoms with Crippen molar-refractivity contribution in [2.24, 2.45) is 0 Å². The number of aliphatic hydroxyl groups excluding tert-OH is 1. The van der Waals surface area contributed by atoms with Gasteiger partial charge in [0.2, 0.25) is 5.16 Å². The van der Waals surface area contributed by atoms with E-state index < -0.39 is 6.29 Å². The maximum absolute atomic E-state index is 12.5. The number of hydrogen-bond acceptors (Lipinski definition) is 10. The van der Waals surface area contributed by atoms with Gasteiger partial charge in [0.1, 0.15) is 5.75 Å². The number of carbonyl (C=O) groups excluding carboxylic acids is 1. The fourth-order valence-electron chi connectivity index (χ4n) is 5.69. The Labute approximate surface area is 292 Å². The number of phenols is 1. The summed E-state index contributed by atoms with van der Waals surface area (Å²) in [4.78, 5) is 16.5. The first-order valence-electron chi connectivity index (χ1n) is 16.1. The highest BCUT2D eigenvalue weighted by Crippen LogP contribution is 2.40. The number of thioether (sulfide) groups is 1. The fourth-order valence-corrected chi connectivity index (χ4v) is 6.60. The molecule has 3 unspecified atom stereocenters. The van der Waals surface area contributed by atoms with Gasteiger partial charge in [0.15, 0.2) is 6.29 Å². The quantitative estimate of drug-likeness (QED) is 0.135. The lowest BCUT2D eigenvalue weighted by molar-refractivity contribution is -0.245. The minimum absolute atomic E-state index is 0.0259. The van der Waals surface area contributed by atoms with Crippen LogP contribution in [-0.2, 0) is 22.6 Å². The van der Waals surface area contributed by atoms with E-state index in [2.05, 4.69) is 31.9 Å². The molecule has 1 saturated heterocycles. The molecule has 3 atom stereocenters. The molecular weight excluding hydrogens is 653 g/mol. The average molecular weight is 687 g/mol. The van der Waals surface area contributed by atoms with Crippen LogP contribution in [0.1, 0.15) is 51.4 Å². The lowest BCUT2D eigenvalue weighted by atomic mass is 9.99. The zero-order valence-electron chi connectivity index (χ0n) is 26.9. The van der Waals surface area contributed by atoms with Crippen LogP contribution >= 0.6 is 11.8 Å². The summed E-state index contributed by atoms with van der Waals surface area (Å²) in [5.41, 5.74) is 7.01. The van der Waals surface area contributed by atoms with Crippen LogP contribution in [0.2, 0.25) is 0 Å². The summed E-state index contributed by atoms with van der Waals surface area (Å²) < 4.78 is 14.7. The van der Waals surface area contributed by atoms with Crippen LogP contribution in [0.4, 0.5) is 0 Å². The summed E-state index contributed by atoms with van der Waals surface area (Å²) in [6, 6.07) is 34.2. The van der Waals surface area contributed by atoms with Crippen LogP contribution < -0.4 is 5.32 Å². The highest BCUT2D eigenvalue weighted by Gasteiger charge is 2.32. The molecule has 0 bridgehead atoms. The summed E-state index contributed by atoms with van der Waals surface area (Å²) in [5, 5.41) is 35.0. The number of aromatic hydroxyl groups is 1. The van der Waals surface area contributed by atoms with Crippen molar-refractivity contribution in [2.75, 3.05) is 5.75 Å². The third-order valence-corrected chi connectivity index (χ3v) is 9.42. The normalized spacial score (nSPS) is 17.3. The van der Waals surface area contributed by atoms with Gasteiger partial charge in [-0.15, -0.1) is 5.10 Å². The van der Waals surface area contributed by atoms with Crippen molar-refractivity contribution in [1.82, 2.24) is 30.5 Å². The van der Waals surface area contributed by atoms with Gasteiger partial charge in [-0.05, 0) is 80.7 Å². The molecule has 0 spiro atoms. The molecule has 1 aliphatic heterocycles. The van der Waals surface area contributed by atoms with E-state index in [-0.39, 0.29) is 30.5 Å². The van der Waals surface area contributed by atoms with Crippen molar-refractivity contribution in [2.45, 2.75) is 43.2 Å². The average Bonchev–Trinajstić information content (AvgIpc) is 3.65. The van der Waals surface area contributed by atoms with Crippen molar-refractivity contribution in [3.63, 3.8) is 0 Å². The monoisotopic (exact) mass is 686 g/mol. The summed E-state index contributed by atoms with van der Waals surface area (Å²) in [6.45, 7) is 0.368. The number of aromatic nitrogens is 5. The minimum Gasteiger partial charge on any atom is -0.508 e. The van der Waals surface area contributed by atoms with Gasteiger partial charge >= 0.3 is 0 Å². The van der Waals surface area contributed by atoms with Crippen LogP contribution in [0, 0.1) is 0 Å². The Bertz CT molecular complexity index is 2020. The van der Waals surface area contributed by atoms with E-state index in [9.17, 15) is 15.0 Å². The number of nitrogens with one attached hydrogen (secondary N) is 1. The van der Waals surface area contributed by atoms with E-state index in [0.29, 0.717) is 29.4 Å². The lowest BCUT2D eigenvalue weighted by Crippen LogP contribution is -2.31. The second-order valence-electron chi connectivity index (χ2n) is 11.8. The Morgan fingerprint density at radius 1 is 0.880 bits per heavy atom. The summed E-state index contributed by atoms with van der Waals surface area (Å²) in [7, 11) is 0. The van der Waals surface area contributed by atoms with E-state index in [1.807, 2.05) is 66.7 Å². The maximum atomic E-state index is 12.5. The van der Waals surface area contributed by atoms with Crippen LogP contribution in [0.15, 0.2) is 127 Å². The molecule has 0 radical (unpaired) electrons. The van der Waals surface area contributed by atoms with Crippen molar-refractivity contribution >= 4 is 17.7 Å². The Kier molecular flexibility index (Phi) is 10.2. The number of carbonyl (C=O) groups is 1. The molecule has 11 nitrogen and oxygen atoms in total. The largest absolute Gasteiger partial charge is 0.508 e. The second kappa shape index (κ2) is 15.4. The van der Waals surface area contributed by atoms with Crippen LogP contribution in [0.3, 0.4) is 0 Å². The number of tetrazole rings is 1. The van der Waals surface area contributed by atoms with Gasteiger partial charge in [-0.2, -0.15) is 4.68 Å². The van der Waals surface area contributed by atoms with Gasteiger partial charge in [-0.25, -0.2) is 0 Å². The molecule has 0 saturated carbocycles. The molecule has 1 fully saturated rings. The van der Waals surface area contributed by atoms with Gasteiger partial charge in [0, 0.05) is 36.7 Å². The van der Waals surface area contributed by atoms with Gasteiger partial charge < -0.3 is 25.0 Å². The molecule has 50 heavy (non-hydrogen) atoms. The maximum Gasteiger partial charge on any atom is 0.253 e. The van der Waals surface area contributed by atoms with E-state index >= 15 is 0 Å². The standard InChI is InChI=1S/C38H34N6O5S/c45-23-25-6-8-28(9-7-25)35-20-34(24-50-38-41-42-43-44(38)32-14-16-33(46)17-15-32)48-37(49-35)29-12-10-27(11-13-29)30-4-1-3-26(19-30)21-40-36(47)31-5-2-18-39-22-31/h1-19,22,34-35,37,45-46H,20-21,23-24H2,(H,40,47). The molecule has 3 N–H and O–H groups in total. The molecule has 7 rings (SSSR count). The molecule has 252 valence electrons. The van der Waals surface area contributed by atoms with Crippen molar-refractivity contribution in [3.05, 3.63) is 149 Å². The molecule has 6 aromatic rings. The van der Waals surface area contributed by atoms with Gasteiger partial charge in [-0.3, -0.25) is 9.78 Å². The van der Waals surface area contributed by atoms with Crippen LogP contribution in [0.5, 0.6) is 5.75 Å². The van der Waals surface area contributed by atoms with Gasteiger partial charge in [0.05, 0.1) is 30.1 Å². The van der Waals surface area contributed by atoms with Crippen molar-refractivity contribution in [3.8, 4) is 22.6 Å². The third-order valence-electron chi connectivity index (χ3n) is 8.37. The van der Waals surface area contributed by atoms with E-state index in [1.54, 1.807) is 53.5 Å². The highest BCUT2D eigenvalue weighted by molar-refractivity contribution is 7.99. The first-order chi connectivity index (χ1) is 24.5. The number of ether oxygens (including phenoxy) is 2. The second-order valence-corrected chi connectivity index (χ2v) is 12.8. The first kappa shape index (κ1) is 33.1. The Balaban J connectivity index is 1.06. The number of benzene rings is 4. The summed E-state index contributed by atoms with van der Waals surface area (Å²) >= 11 is 1.49. The number of amides is 1. The topological polar surface area (TPSA) is 145 Å². The summed E-state index contributed by atoms with van der Waals surface area (Å²) in [5.74, 6) is 0.571. The van der Waals surface area contributed by atoms with E-state index in [4.69, 9.17) is 9.47 Å². The number of nitrogens with zero attached hydrogens (tertiary/aromatic N) is 5. The molecule has 4 aromatic carbocycles. The fraction of sp³-hybridized carbons (Fsp3) is 0.184. The van der Waals surface area contributed by atoms with Crippen molar-refractivity contribution < 1.29 is 24.5 Å². The number of pyridine rings is 1. The molecule has 12 heteroatoms. The Hall–Kier alpha value is -5.40. The number of phenolic OH excluding ortho intramolecular Hbond substituents is 1. The Morgan fingerprint density at radius 3 is 2.44 bits per heavy atom. The first-order valence-corrected chi connectivity index (χ1v) is 17.1. The third kappa shape index (κ3) is 7.90. The van der Waals surface area contributed by atoms with Crippen LogP contribution in [0.25, 0.3) is 16.8 Å². The SMILES string of the molecule is O=C(NCc1cccc(-c2ccc(C3OC(CSc4nnnn4-c4ccc(O)cc4)CC(c4ccc(CO)cc4)O3)cc2)c1)c1cccnc1. The predicted octanol–water partition coefficient (Wildman–Crippen LogP) is 6.19. The van der Waals surface area contributed by atoms with Gasteiger partial charge in [0.25, 0.3) is 5.91 Å². The lowest BCUT2D eigenvalue weighted by Gasteiger charge is -2.36. The molecule has 2 aromatic heterocycles. The zero-order valence-corrected chi connectivity index (χ0v) is 27.7. The molecule has 0 aliphatic carbocycles. The zero-order chi connectivity index (χ0) is 34.3. The number of hydrogen-bond donors (Lipinski definition) is 3. The van der Waals surface area contributed by atoms with E-state index in [1.165, 1.54) is 11.8 Å². The molecule has 3 heterocycles. The molecule has 1 aliphatic rings. The molecular formula is C38H34N6O5S. The van der Waals surface area contributed by atoms with Crippen LogP contribution in [-0.4, -0.2) is 53.2 Å². The smallest absolute Gasteiger partial charge is 0.253 e. The van der Waals surface area contributed by atoms with E-state index in [0.717, 1.165) is 39.1 Å². The van der Waals surface area contributed by atoms with Gasteiger partial charge in [-0.1, -0.05) is 78.5 Å². The highest BCUT2D eigenvalue weighted by atomic mass is 32.2. The minimum atomic E-state index is -0.618. The van der Waals surface area contributed by atoms with Crippen molar-refractivity contribution in [1.29, 1.82) is 0 Å². The number of rotatable bonds is 11. The molecule has 1 amide bonds. The number of aliphatic hydroxyl groups is 1. The Morgan fingerprint density at radius 2 is 1.68 bits per heavy atom.